The standard InChI is InChI=1S/C21H29N5O2/c27-21(23-15-17-7-8-20(22-14-17)26-11-3-4-12-26)24-16-18(19-6-5-13-28-19)25-9-1-2-10-25/h5-8,13-14,18H,1-4,9-12,15-16H2,(H2,23,24,27). The van der Waals surface area contributed by atoms with Crippen LogP contribution in [0.3, 0.4) is 0 Å². The Hall–Kier alpha value is -2.54. The monoisotopic (exact) mass is 383 g/mol. The first-order valence-corrected chi connectivity index (χ1v) is 10.3. The summed E-state index contributed by atoms with van der Waals surface area (Å²) in [7, 11) is 0. The van der Waals surface area contributed by atoms with Gasteiger partial charge >= 0.3 is 6.03 Å². The fourth-order valence-electron chi connectivity index (χ4n) is 4.03. The molecular formula is C21H29N5O2. The van der Waals surface area contributed by atoms with Gasteiger partial charge < -0.3 is 20.0 Å². The Kier molecular flexibility index (Phi) is 6.11. The topological polar surface area (TPSA) is 73.6 Å². The molecule has 150 valence electrons. The first-order chi connectivity index (χ1) is 13.8. The average molecular weight is 383 g/mol. The Morgan fingerprint density at radius 2 is 1.86 bits per heavy atom. The van der Waals surface area contributed by atoms with E-state index in [-0.39, 0.29) is 12.1 Å². The Bertz CT molecular complexity index is 735. The van der Waals surface area contributed by atoms with Crippen LogP contribution in [0.25, 0.3) is 0 Å². The van der Waals surface area contributed by atoms with Gasteiger partial charge in [0.1, 0.15) is 11.6 Å². The molecule has 0 bridgehead atoms. The van der Waals surface area contributed by atoms with Gasteiger partial charge in [-0.15, -0.1) is 0 Å². The van der Waals surface area contributed by atoms with Crippen LogP contribution >= 0.6 is 0 Å². The van der Waals surface area contributed by atoms with Gasteiger partial charge in [0.15, 0.2) is 0 Å². The van der Waals surface area contributed by atoms with Crippen molar-refractivity contribution in [2.24, 2.45) is 0 Å². The van der Waals surface area contributed by atoms with Crippen LogP contribution in [0.4, 0.5) is 10.6 Å². The number of carbonyl (C=O) groups is 1. The minimum Gasteiger partial charge on any atom is -0.468 e. The lowest BCUT2D eigenvalue weighted by Gasteiger charge is -2.26. The molecule has 2 fully saturated rings. The molecule has 28 heavy (non-hydrogen) atoms. The van der Waals surface area contributed by atoms with Crippen LogP contribution < -0.4 is 15.5 Å². The minimum absolute atomic E-state index is 0.0876. The zero-order valence-electron chi connectivity index (χ0n) is 16.3. The summed E-state index contributed by atoms with van der Waals surface area (Å²) in [5.74, 6) is 1.93. The number of nitrogens with one attached hydrogen (secondary N) is 2. The summed E-state index contributed by atoms with van der Waals surface area (Å²) in [6.07, 6.45) is 8.41. The lowest BCUT2D eigenvalue weighted by Crippen LogP contribution is -2.41. The van der Waals surface area contributed by atoms with E-state index in [0.29, 0.717) is 13.1 Å². The molecule has 2 amide bonds. The molecule has 2 aromatic heterocycles. The van der Waals surface area contributed by atoms with Crippen LogP contribution in [-0.2, 0) is 6.54 Å². The zero-order valence-corrected chi connectivity index (χ0v) is 16.3. The molecule has 2 aromatic rings. The Balaban J connectivity index is 1.25. The second-order valence-electron chi connectivity index (χ2n) is 7.56. The number of nitrogens with zero attached hydrogens (tertiary/aromatic N) is 3. The molecule has 1 atom stereocenters. The molecule has 0 saturated carbocycles. The van der Waals surface area contributed by atoms with Crippen molar-refractivity contribution in [1.29, 1.82) is 0 Å². The van der Waals surface area contributed by atoms with Crippen molar-refractivity contribution >= 4 is 11.8 Å². The van der Waals surface area contributed by atoms with E-state index < -0.39 is 0 Å². The highest BCUT2D eigenvalue weighted by molar-refractivity contribution is 5.73. The number of aromatic nitrogens is 1. The number of likely N-dealkylation sites (tertiary alicyclic amines) is 1. The third-order valence-electron chi connectivity index (χ3n) is 5.60. The fraction of sp³-hybridized carbons (Fsp3) is 0.524. The maximum atomic E-state index is 12.3. The highest BCUT2D eigenvalue weighted by Crippen LogP contribution is 2.24. The molecule has 2 saturated heterocycles. The number of anilines is 1. The fourth-order valence-corrected chi connectivity index (χ4v) is 4.03. The number of amides is 2. The maximum Gasteiger partial charge on any atom is 0.315 e. The molecule has 4 heterocycles. The van der Waals surface area contributed by atoms with E-state index in [4.69, 9.17) is 4.42 Å². The van der Waals surface area contributed by atoms with E-state index in [0.717, 1.165) is 43.3 Å². The molecular weight excluding hydrogens is 354 g/mol. The average Bonchev–Trinajstić information content (AvgIpc) is 3.51. The summed E-state index contributed by atoms with van der Waals surface area (Å²) in [5, 5.41) is 5.92. The van der Waals surface area contributed by atoms with Crippen molar-refractivity contribution in [3.05, 3.63) is 48.0 Å². The number of pyridine rings is 1. The van der Waals surface area contributed by atoms with E-state index in [2.05, 4.69) is 25.4 Å². The van der Waals surface area contributed by atoms with Gasteiger partial charge in [-0.05, 0) is 62.5 Å². The Morgan fingerprint density at radius 3 is 2.54 bits per heavy atom. The second kappa shape index (κ2) is 9.10. The van der Waals surface area contributed by atoms with Gasteiger partial charge in [-0.3, -0.25) is 4.90 Å². The van der Waals surface area contributed by atoms with Crippen molar-refractivity contribution in [1.82, 2.24) is 20.5 Å². The summed E-state index contributed by atoms with van der Waals surface area (Å²) in [6, 6.07) is 7.88. The van der Waals surface area contributed by atoms with Crippen molar-refractivity contribution in [3.8, 4) is 0 Å². The van der Waals surface area contributed by atoms with Gasteiger partial charge in [0, 0.05) is 32.4 Å². The first kappa shape index (κ1) is 18.8. The highest BCUT2D eigenvalue weighted by Gasteiger charge is 2.25. The van der Waals surface area contributed by atoms with E-state index in [9.17, 15) is 4.79 Å². The Morgan fingerprint density at radius 1 is 1.07 bits per heavy atom. The lowest BCUT2D eigenvalue weighted by molar-refractivity contribution is 0.203. The molecule has 2 aliphatic heterocycles. The van der Waals surface area contributed by atoms with Crippen molar-refractivity contribution in [3.63, 3.8) is 0 Å². The molecule has 4 rings (SSSR count). The SMILES string of the molecule is O=C(NCc1ccc(N2CCCC2)nc1)NCC(c1ccco1)N1CCCC1. The van der Waals surface area contributed by atoms with Gasteiger partial charge in [0.2, 0.25) is 0 Å². The van der Waals surface area contributed by atoms with E-state index >= 15 is 0 Å². The zero-order chi connectivity index (χ0) is 19.2. The third kappa shape index (κ3) is 4.65. The quantitative estimate of drug-likeness (QED) is 0.769. The summed E-state index contributed by atoms with van der Waals surface area (Å²) in [4.78, 5) is 21.5. The van der Waals surface area contributed by atoms with Crippen LogP contribution in [0.1, 0.15) is 43.0 Å². The molecule has 1 unspecified atom stereocenters. The second-order valence-corrected chi connectivity index (χ2v) is 7.56. The summed E-state index contributed by atoms with van der Waals surface area (Å²) < 4.78 is 5.60. The van der Waals surface area contributed by atoms with Gasteiger partial charge in [0.25, 0.3) is 0 Å². The van der Waals surface area contributed by atoms with E-state index in [1.165, 1.54) is 25.7 Å². The summed E-state index contributed by atoms with van der Waals surface area (Å²) >= 11 is 0. The normalized spacial score (nSPS) is 18.4. The summed E-state index contributed by atoms with van der Waals surface area (Å²) in [5.41, 5.74) is 1.00. The third-order valence-corrected chi connectivity index (χ3v) is 5.60. The lowest BCUT2D eigenvalue weighted by atomic mass is 10.2. The molecule has 7 nitrogen and oxygen atoms in total. The van der Waals surface area contributed by atoms with Crippen molar-refractivity contribution in [2.45, 2.75) is 38.3 Å². The smallest absolute Gasteiger partial charge is 0.315 e. The maximum absolute atomic E-state index is 12.3. The molecule has 0 aromatic carbocycles. The predicted octanol–water partition coefficient (Wildman–Crippen LogP) is 2.91. The van der Waals surface area contributed by atoms with E-state index in [1.807, 2.05) is 30.5 Å². The number of hydrogen-bond acceptors (Lipinski definition) is 5. The van der Waals surface area contributed by atoms with Gasteiger partial charge in [-0.1, -0.05) is 6.07 Å². The first-order valence-electron chi connectivity index (χ1n) is 10.3. The predicted molar refractivity (Wildman–Crippen MR) is 108 cm³/mol. The molecule has 0 aliphatic carbocycles. The van der Waals surface area contributed by atoms with Crippen LogP contribution in [0.5, 0.6) is 0 Å². The van der Waals surface area contributed by atoms with Crippen LogP contribution in [0.15, 0.2) is 41.1 Å². The number of urea groups is 1. The van der Waals surface area contributed by atoms with E-state index in [1.54, 1.807) is 6.26 Å². The number of furan rings is 1. The summed E-state index contributed by atoms with van der Waals surface area (Å²) in [6.45, 7) is 5.26. The molecule has 0 radical (unpaired) electrons. The highest BCUT2D eigenvalue weighted by atomic mass is 16.3. The molecule has 2 N–H and O–H groups in total. The Labute approximate surface area is 166 Å². The van der Waals surface area contributed by atoms with Crippen molar-refractivity contribution < 1.29 is 9.21 Å². The van der Waals surface area contributed by atoms with Crippen molar-refractivity contribution in [2.75, 3.05) is 37.6 Å². The minimum atomic E-state index is -0.167. The van der Waals surface area contributed by atoms with Gasteiger partial charge in [-0.2, -0.15) is 0 Å². The van der Waals surface area contributed by atoms with Crippen LogP contribution in [-0.4, -0.2) is 48.6 Å². The van der Waals surface area contributed by atoms with Gasteiger partial charge in [-0.25, -0.2) is 9.78 Å². The largest absolute Gasteiger partial charge is 0.468 e. The van der Waals surface area contributed by atoms with Crippen LogP contribution in [0.2, 0.25) is 0 Å². The number of hydrogen-bond donors (Lipinski definition) is 2. The van der Waals surface area contributed by atoms with Crippen LogP contribution in [0, 0.1) is 0 Å². The number of rotatable bonds is 7. The number of carbonyl (C=O) groups excluding carboxylic acids is 1. The van der Waals surface area contributed by atoms with Gasteiger partial charge in [0.05, 0.1) is 12.3 Å². The molecule has 0 spiro atoms. The molecule has 7 heteroatoms. The molecule has 2 aliphatic rings.